The van der Waals surface area contributed by atoms with Crippen LogP contribution in [-0.4, -0.2) is 64.5 Å². The maximum atomic E-state index is 13.2. The SMILES string of the molecule is COC[C@H](C)Nc1ncc2c(n1)CCCC=C2c1ccn2ncc(C(=O)N[C@H]3CC[C@H](OC)CC3)c2c1. The molecule has 0 spiro atoms. The van der Waals surface area contributed by atoms with Crippen molar-refractivity contribution in [3.63, 3.8) is 0 Å². The van der Waals surface area contributed by atoms with Crippen molar-refractivity contribution in [2.24, 2.45) is 0 Å². The highest BCUT2D eigenvalue weighted by atomic mass is 16.5. The van der Waals surface area contributed by atoms with Crippen LogP contribution in [0.4, 0.5) is 5.95 Å². The van der Waals surface area contributed by atoms with E-state index in [2.05, 4.69) is 32.9 Å². The van der Waals surface area contributed by atoms with Gasteiger partial charge in [0.2, 0.25) is 5.95 Å². The highest BCUT2D eigenvalue weighted by Crippen LogP contribution is 2.31. The fraction of sp³-hybridized carbons (Fsp3) is 0.500. The van der Waals surface area contributed by atoms with E-state index >= 15 is 0 Å². The van der Waals surface area contributed by atoms with Gasteiger partial charge in [-0.1, -0.05) is 6.08 Å². The third kappa shape index (κ3) is 5.67. The number of pyridine rings is 1. The topological polar surface area (TPSA) is 103 Å². The van der Waals surface area contributed by atoms with Gasteiger partial charge < -0.3 is 20.1 Å². The van der Waals surface area contributed by atoms with Gasteiger partial charge in [0.05, 0.1) is 35.7 Å². The Morgan fingerprint density at radius 1 is 1.22 bits per heavy atom. The van der Waals surface area contributed by atoms with Gasteiger partial charge >= 0.3 is 0 Å². The summed E-state index contributed by atoms with van der Waals surface area (Å²) in [5, 5.41) is 11.0. The van der Waals surface area contributed by atoms with Crippen LogP contribution in [0.3, 0.4) is 0 Å². The number of nitrogens with one attached hydrogen (secondary N) is 2. The minimum absolute atomic E-state index is 0.0764. The van der Waals surface area contributed by atoms with Crippen molar-refractivity contribution in [2.75, 3.05) is 26.1 Å². The second-order valence-corrected chi connectivity index (χ2v) is 10.1. The van der Waals surface area contributed by atoms with Gasteiger partial charge in [-0.25, -0.2) is 14.5 Å². The molecule has 3 aromatic heterocycles. The van der Waals surface area contributed by atoms with Gasteiger partial charge in [-0.3, -0.25) is 4.79 Å². The molecule has 5 rings (SSSR count). The maximum absolute atomic E-state index is 13.2. The Morgan fingerprint density at radius 3 is 2.84 bits per heavy atom. The summed E-state index contributed by atoms with van der Waals surface area (Å²) >= 11 is 0. The van der Waals surface area contributed by atoms with E-state index in [1.807, 2.05) is 25.4 Å². The summed E-state index contributed by atoms with van der Waals surface area (Å²) in [5.41, 5.74) is 5.57. The van der Waals surface area contributed by atoms with E-state index in [-0.39, 0.29) is 18.0 Å². The smallest absolute Gasteiger partial charge is 0.255 e. The Morgan fingerprint density at radius 2 is 2.05 bits per heavy atom. The van der Waals surface area contributed by atoms with Crippen LogP contribution in [0, 0.1) is 0 Å². The first-order valence-corrected chi connectivity index (χ1v) is 13.2. The number of nitrogens with zero attached hydrogens (tertiary/aromatic N) is 4. The second-order valence-electron chi connectivity index (χ2n) is 10.1. The summed E-state index contributed by atoms with van der Waals surface area (Å²) < 4.78 is 12.4. The highest BCUT2D eigenvalue weighted by Gasteiger charge is 2.24. The number of carbonyl (C=O) groups excluding carboxylic acids is 1. The Balaban J connectivity index is 1.39. The summed E-state index contributed by atoms with van der Waals surface area (Å²) in [6.07, 6.45) is 14.7. The van der Waals surface area contributed by atoms with Crippen molar-refractivity contribution in [1.29, 1.82) is 0 Å². The van der Waals surface area contributed by atoms with Crippen LogP contribution in [0.25, 0.3) is 11.1 Å². The highest BCUT2D eigenvalue weighted by molar-refractivity contribution is 6.01. The summed E-state index contributed by atoms with van der Waals surface area (Å²) in [6.45, 7) is 2.63. The van der Waals surface area contributed by atoms with Gasteiger partial charge in [0.15, 0.2) is 0 Å². The number of hydrogen-bond acceptors (Lipinski definition) is 7. The van der Waals surface area contributed by atoms with Gasteiger partial charge in [0, 0.05) is 44.3 Å². The molecule has 9 nitrogen and oxygen atoms in total. The van der Waals surface area contributed by atoms with Crippen LogP contribution in [0.2, 0.25) is 0 Å². The lowest BCUT2D eigenvalue weighted by molar-refractivity contribution is 0.0599. The molecule has 1 fully saturated rings. The van der Waals surface area contributed by atoms with Crippen molar-refractivity contribution in [3.8, 4) is 0 Å². The molecule has 2 aliphatic rings. The number of aromatic nitrogens is 4. The number of ether oxygens (including phenoxy) is 2. The van der Waals surface area contributed by atoms with Crippen molar-refractivity contribution >= 4 is 22.9 Å². The summed E-state index contributed by atoms with van der Waals surface area (Å²) in [7, 11) is 3.44. The van der Waals surface area contributed by atoms with E-state index in [9.17, 15) is 4.79 Å². The first-order chi connectivity index (χ1) is 18.1. The standard InChI is InChI=1S/C28H36N6O3/c1-18(17-36-2)31-28-29-15-23-22(6-4-5-7-25(23)33-28)19-12-13-34-26(14-19)24(16-30-34)27(35)32-20-8-10-21(37-3)11-9-20/h6,12-16,18,20-21H,4-5,7-11,17H2,1-3H3,(H,32,35)(H,29,31,33)/t18-,20-,21-/m0/s1. The van der Waals surface area contributed by atoms with Crippen molar-refractivity contribution < 1.29 is 14.3 Å². The average molecular weight is 505 g/mol. The van der Waals surface area contributed by atoms with Gasteiger partial charge in [-0.05, 0) is 75.1 Å². The van der Waals surface area contributed by atoms with Gasteiger partial charge in [0.1, 0.15) is 0 Å². The zero-order chi connectivity index (χ0) is 25.8. The van der Waals surface area contributed by atoms with Crippen LogP contribution in [-0.2, 0) is 15.9 Å². The third-order valence-electron chi connectivity index (χ3n) is 7.34. The molecule has 196 valence electrons. The zero-order valence-corrected chi connectivity index (χ0v) is 21.9. The lowest BCUT2D eigenvalue weighted by Crippen LogP contribution is -2.38. The van der Waals surface area contributed by atoms with E-state index in [4.69, 9.17) is 14.5 Å². The van der Waals surface area contributed by atoms with Crippen molar-refractivity contribution in [3.05, 3.63) is 59.2 Å². The molecule has 0 aliphatic heterocycles. The number of aryl methyl sites for hydroxylation is 1. The number of allylic oxidation sites excluding steroid dienone is 1. The molecule has 2 N–H and O–H groups in total. The van der Waals surface area contributed by atoms with Crippen LogP contribution in [0.1, 0.15) is 72.6 Å². The first kappa shape index (κ1) is 25.4. The number of amides is 1. The molecule has 0 bridgehead atoms. The third-order valence-corrected chi connectivity index (χ3v) is 7.34. The van der Waals surface area contributed by atoms with Gasteiger partial charge in [0.25, 0.3) is 5.91 Å². The Labute approximate surface area is 217 Å². The summed E-state index contributed by atoms with van der Waals surface area (Å²) in [5.74, 6) is 0.543. The molecule has 3 heterocycles. The van der Waals surface area contributed by atoms with Crippen LogP contribution < -0.4 is 10.6 Å². The molecular formula is C28H36N6O3. The zero-order valence-electron chi connectivity index (χ0n) is 21.9. The number of anilines is 1. The van der Waals surface area contributed by atoms with E-state index in [0.717, 1.165) is 72.9 Å². The van der Waals surface area contributed by atoms with E-state index in [1.165, 1.54) is 0 Å². The lowest BCUT2D eigenvalue weighted by Gasteiger charge is -2.28. The Hall–Kier alpha value is -3.30. The van der Waals surface area contributed by atoms with E-state index < -0.39 is 0 Å². The van der Waals surface area contributed by atoms with Gasteiger partial charge in [-0.15, -0.1) is 0 Å². The van der Waals surface area contributed by atoms with Crippen LogP contribution >= 0.6 is 0 Å². The fourth-order valence-corrected chi connectivity index (χ4v) is 5.34. The molecule has 0 aromatic carbocycles. The summed E-state index contributed by atoms with van der Waals surface area (Å²) in [6, 6.07) is 4.38. The average Bonchev–Trinajstić information content (AvgIpc) is 3.22. The largest absolute Gasteiger partial charge is 0.383 e. The molecule has 1 saturated carbocycles. The minimum Gasteiger partial charge on any atom is -0.383 e. The molecule has 1 amide bonds. The Bertz CT molecular complexity index is 1280. The minimum atomic E-state index is -0.0764. The van der Waals surface area contributed by atoms with E-state index in [1.54, 1.807) is 24.9 Å². The maximum Gasteiger partial charge on any atom is 0.255 e. The monoisotopic (exact) mass is 504 g/mol. The molecule has 37 heavy (non-hydrogen) atoms. The van der Waals surface area contributed by atoms with E-state index in [0.29, 0.717) is 24.2 Å². The molecule has 0 radical (unpaired) electrons. The number of carbonyl (C=O) groups is 1. The molecule has 9 heteroatoms. The quantitative estimate of drug-likeness (QED) is 0.478. The fourth-order valence-electron chi connectivity index (χ4n) is 5.34. The first-order valence-electron chi connectivity index (χ1n) is 13.2. The Kier molecular flexibility index (Phi) is 7.81. The molecule has 1 atom stereocenters. The normalized spacial score (nSPS) is 20.6. The van der Waals surface area contributed by atoms with Crippen LogP contribution in [0.15, 0.2) is 36.8 Å². The molecule has 2 aliphatic carbocycles. The van der Waals surface area contributed by atoms with Crippen molar-refractivity contribution in [1.82, 2.24) is 24.9 Å². The predicted molar refractivity (Wildman–Crippen MR) is 143 cm³/mol. The number of methoxy groups -OCH3 is 2. The number of rotatable bonds is 8. The molecule has 3 aromatic rings. The predicted octanol–water partition coefficient (Wildman–Crippen LogP) is 4.03. The van der Waals surface area contributed by atoms with Crippen LogP contribution in [0.5, 0.6) is 0 Å². The number of hydrogen-bond donors (Lipinski definition) is 2. The van der Waals surface area contributed by atoms with Gasteiger partial charge in [-0.2, -0.15) is 5.10 Å². The molecular weight excluding hydrogens is 468 g/mol. The summed E-state index contributed by atoms with van der Waals surface area (Å²) in [4.78, 5) is 22.6. The lowest BCUT2D eigenvalue weighted by atomic mass is 9.93. The number of fused-ring (bicyclic) bond motifs is 2. The van der Waals surface area contributed by atoms with Crippen molar-refractivity contribution in [2.45, 2.75) is 70.1 Å². The molecule has 0 saturated heterocycles. The molecule has 0 unspecified atom stereocenters. The second kappa shape index (κ2) is 11.4.